The molecule has 5 nitrogen and oxygen atoms in total. The van der Waals surface area contributed by atoms with E-state index in [1.54, 1.807) is 16.8 Å². The van der Waals surface area contributed by atoms with Crippen molar-refractivity contribution in [3.63, 3.8) is 0 Å². The van der Waals surface area contributed by atoms with E-state index in [2.05, 4.69) is 5.32 Å². The summed E-state index contributed by atoms with van der Waals surface area (Å²) in [6, 6.07) is 0. The molecule has 0 atom stereocenters. The van der Waals surface area contributed by atoms with Gasteiger partial charge < -0.3 is 15.1 Å². The Bertz CT molecular complexity index is 230. The second-order valence-electron chi connectivity index (χ2n) is 3.48. The van der Waals surface area contributed by atoms with Gasteiger partial charge in [-0.1, -0.05) is 0 Å². The van der Waals surface area contributed by atoms with Crippen molar-refractivity contribution < 1.29 is 9.59 Å². The van der Waals surface area contributed by atoms with E-state index in [4.69, 9.17) is 0 Å². The van der Waals surface area contributed by atoms with Crippen molar-refractivity contribution >= 4 is 11.8 Å². The first-order chi connectivity index (χ1) is 6.65. The molecule has 0 unspecified atom stereocenters. The van der Waals surface area contributed by atoms with Gasteiger partial charge in [0.2, 0.25) is 11.8 Å². The molecule has 0 aliphatic carbocycles. The summed E-state index contributed by atoms with van der Waals surface area (Å²) < 4.78 is 0. The molecule has 1 N–H and O–H groups in total. The lowest BCUT2D eigenvalue weighted by Crippen LogP contribution is -2.50. The lowest BCUT2D eigenvalue weighted by molar-refractivity contribution is -0.144. The van der Waals surface area contributed by atoms with E-state index in [9.17, 15) is 9.59 Å². The van der Waals surface area contributed by atoms with Gasteiger partial charge in [-0.15, -0.1) is 0 Å². The van der Waals surface area contributed by atoms with Crippen LogP contribution >= 0.6 is 0 Å². The Kier molecular flexibility index (Phi) is 3.88. The predicted octanol–water partition coefficient (Wildman–Crippen LogP) is -1.10. The van der Waals surface area contributed by atoms with E-state index in [0.717, 1.165) is 0 Å². The van der Waals surface area contributed by atoms with Gasteiger partial charge in [0.15, 0.2) is 0 Å². The van der Waals surface area contributed by atoms with Crippen molar-refractivity contribution in [2.24, 2.45) is 0 Å². The van der Waals surface area contributed by atoms with Gasteiger partial charge in [-0.2, -0.15) is 0 Å². The lowest BCUT2D eigenvalue weighted by atomic mass is 10.3. The van der Waals surface area contributed by atoms with Gasteiger partial charge in [0, 0.05) is 33.1 Å². The molecule has 0 saturated carbocycles. The summed E-state index contributed by atoms with van der Waals surface area (Å²) in [4.78, 5) is 26.1. The molecule has 14 heavy (non-hydrogen) atoms. The third-order valence-corrected chi connectivity index (χ3v) is 2.40. The fourth-order valence-corrected chi connectivity index (χ4v) is 1.36. The zero-order valence-corrected chi connectivity index (χ0v) is 8.75. The van der Waals surface area contributed by atoms with Gasteiger partial charge in [-0.3, -0.25) is 9.59 Å². The number of hydrogen-bond acceptors (Lipinski definition) is 3. The van der Waals surface area contributed by atoms with Crippen LogP contribution < -0.4 is 5.32 Å². The monoisotopic (exact) mass is 199 g/mol. The second-order valence-corrected chi connectivity index (χ2v) is 3.48. The quantitative estimate of drug-likeness (QED) is 0.627. The van der Waals surface area contributed by atoms with Crippen LogP contribution in [0.15, 0.2) is 0 Å². The molecule has 0 aromatic carbocycles. The molecule has 1 aliphatic heterocycles. The van der Waals surface area contributed by atoms with E-state index in [1.165, 1.54) is 0 Å². The van der Waals surface area contributed by atoms with Crippen molar-refractivity contribution in [3.8, 4) is 0 Å². The first kappa shape index (κ1) is 11.0. The molecule has 2 amide bonds. The average molecular weight is 199 g/mol. The summed E-state index contributed by atoms with van der Waals surface area (Å²) >= 11 is 0. The molecule has 1 rings (SSSR count). The number of hydrogen-bond donors (Lipinski definition) is 1. The number of carbonyl (C=O) groups is 2. The summed E-state index contributed by atoms with van der Waals surface area (Å²) in [6.45, 7) is 2.20. The second kappa shape index (κ2) is 4.95. The van der Waals surface area contributed by atoms with Gasteiger partial charge in [-0.05, 0) is 7.05 Å². The Balaban J connectivity index is 2.38. The van der Waals surface area contributed by atoms with Crippen LogP contribution in [-0.4, -0.2) is 61.9 Å². The van der Waals surface area contributed by atoms with Crippen LogP contribution in [0.25, 0.3) is 0 Å². The molecule has 0 aromatic heterocycles. The van der Waals surface area contributed by atoms with Crippen molar-refractivity contribution in [1.29, 1.82) is 0 Å². The minimum Gasteiger partial charge on any atom is -0.342 e. The summed E-state index contributed by atoms with van der Waals surface area (Å²) in [5, 5.41) is 2.91. The SMILES string of the molecule is CNCCC(=O)N1CCN(C)C(=O)C1. The number of carbonyl (C=O) groups excluding carboxylic acids is 2. The summed E-state index contributed by atoms with van der Waals surface area (Å²) in [5.74, 6) is 0.0786. The van der Waals surface area contributed by atoms with Crippen molar-refractivity contribution in [2.75, 3.05) is 40.3 Å². The summed E-state index contributed by atoms with van der Waals surface area (Å²) in [5.41, 5.74) is 0. The van der Waals surface area contributed by atoms with E-state index < -0.39 is 0 Å². The largest absolute Gasteiger partial charge is 0.342 e. The molecule has 0 radical (unpaired) electrons. The predicted molar refractivity (Wildman–Crippen MR) is 52.8 cm³/mol. The number of amides is 2. The lowest BCUT2D eigenvalue weighted by Gasteiger charge is -2.32. The number of rotatable bonds is 3. The van der Waals surface area contributed by atoms with Crippen LogP contribution in [0.4, 0.5) is 0 Å². The van der Waals surface area contributed by atoms with E-state index >= 15 is 0 Å². The molecule has 80 valence electrons. The Morgan fingerprint density at radius 1 is 1.50 bits per heavy atom. The summed E-state index contributed by atoms with van der Waals surface area (Å²) in [6.07, 6.45) is 0.466. The Morgan fingerprint density at radius 3 is 2.79 bits per heavy atom. The topological polar surface area (TPSA) is 52.7 Å². The maximum absolute atomic E-state index is 11.5. The highest BCUT2D eigenvalue weighted by Gasteiger charge is 2.23. The fraction of sp³-hybridized carbons (Fsp3) is 0.778. The van der Waals surface area contributed by atoms with Gasteiger partial charge in [-0.25, -0.2) is 0 Å². The first-order valence-electron chi connectivity index (χ1n) is 4.81. The van der Waals surface area contributed by atoms with Crippen LogP contribution in [0.5, 0.6) is 0 Å². The molecular weight excluding hydrogens is 182 g/mol. The normalized spacial score (nSPS) is 17.4. The maximum Gasteiger partial charge on any atom is 0.241 e. The smallest absolute Gasteiger partial charge is 0.241 e. The third kappa shape index (κ3) is 2.70. The fourth-order valence-electron chi connectivity index (χ4n) is 1.36. The zero-order valence-electron chi connectivity index (χ0n) is 8.75. The first-order valence-corrected chi connectivity index (χ1v) is 4.81. The van der Waals surface area contributed by atoms with Gasteiger partial charge >= 0.3 is 0 Å². The third-order valence-electron chi connectivity index (χ3n) is 2.40. The Morgan fingerprint density at radius 2 is 2.21 bits per heavy atom. The molecule has 1 heterocycles. The molecule has 0 bridgehead atoms. The maximum atomic E-state index is 11.5. The van der Waals surface area contributed by atoms with Crippen LogP contribution in [0.3, 0.4) is 0 Å². The average Bonchev–Trinajstić information content (AvgIpc) is 2.18. The molecule has 0 aromatic rings. The van der Waals surface area contributed by atoms with Gasteiger partial charge in [0.25, 0.3) is 0 Å². The van der Waals surface area contributed by atoms with Gasteiger partial charge in [0.05, 0.1) is 6.54 Å². The zero-order chi connectivity index (χ0) is 10.6. The van der Waals surface area contributed by atoms with Crippen LogP contribution in [0, 0.1) is 0 Å². The Hall–Kier alpha value is -1.10. The van der Waals surface area contributed by atoms with Crippen LogP contribution in [0.2, 0.25) is 0 Å². The number of nitrogens with zero attached hydrogens (tertiary/aromatic N) is 2. The minimum atomic E-state index is 0.0223. The molecule has 5 heteroatoms. The van der Waals surface area contributed by atoms with E-state index in [-0.39, 0.29) is 18.4 Å². The molecule has 1 fully saturated rings. The van der Waals surface area contributed by atoms with Crippen LogP contribution in [-0.2, 0) is 9.59 Å². The minimum absolute atomic E-state index is 0.0223. The molecular formula is C9H17N3O2. The Labute approximate surface area is 84.0 Å². The molecule has 0 spiro atoms. The number of nitrogens with one attached hydrogen (secondary N) is 1. The van der Waals surface area contributed by atoms with Crippen molar-refractivity contribution in [3.05, 3.63) is 0 Å². The highest BCUT2D eigenvalue weighted by molar-refractivity contribution is 5.85. The highest BCUT2D eigenvalue weighted by atomic mass is 16.2. The summed E-state index contributed by atoms with van der Waals surface area (Å²) in [7, 11) is 3.57. The van der Waals surface area contributed by atoms with Crippen molar-refractivity contribution in [2.45, 2.75) is 6.42 Å². The number of likely N-dealkylation sites (N-methyl/N-ethyl adjacent to an activating group) is 1. The van der Waals surface area contributed by atoms with Crippen LogP contribution in [0.1, 0.15) is 6.42 Å². The van der Waals surface area contributed by atoms with E-state index in [0.29, 0.717) is 26.1 Å². The standard InChI is InChI=1S/C9H17N3O2/c1-10-4-3-8(13)12-6-5-11(2)9(14)7-12/h10H,3-7H2,1-2H3. The van der Waals surface area contributed by atoms with E-state index in [1.807, 2.05) is 7.05 Å². The molecule has 1 aliphatic rings. The highest BCUT2D eigenvalue weighted by Crippen LogP contribution is 2.02. The molecule has 1 saturated heterocycles. The van der Waals surface area contributed by atoms with Crippen molar-refractivity contribution in [1.82, 2.24) is 15.1 Å². The number of piperazine rings is 1. The van der Waals surface area contributed by atoms with Gasteiger partial charge in [0.1, 0.15) is 0 Å².